The number of hydrogen-bond donors (Lipinski definition) is 0. The van der Waals surface area contributed by atoms with Gasteiger partial charge in [-0.05, 0) is 43.6 Å². The molecule has 0 aromatic rings. The minimum atomic E-state index is -0.431. The molecule has 128 valence electrons. The second-order valence-corrected chi connectivity index (χ2v) is 9.11. The van der Waals surface area contributed by atoms with E-state index in [-0.39, 0.29) is 40.9 Å². The van der Waals surface area contributed by atoms with Crippen LogP contribution in [-0.2, 0) is 19.1 Å². The molecule has 0 aromatic carbocycles. The lowest BCUT2D eigenvalue weighted by Crippen LogP contribution is -2.60. The van der Waals surface area contributed by atoms with E-state index in [1.165, 1.54) is 0 Å². The highest BCUT2D eigenvalue weighted by atomic mass is 16.6. The van der Waals surface area contributed by atoms with Crippen LogP contribution in [0.1, 0.15) is 47.0 Å². The van der Waals surface area contributed by atoms with Gasteiger partial charge >= 0.3 is 5.97 Å². The third-order valence-corrected chi connectivity index (χ3v) is 7.75. The van der Waals surface area contributed by atoms with Gasteiger partial charge in [-0.1, -0.05) is 26.8 Å². The first-order chi connectivity index (χ1) is 11.2. The summed E-state index contributed by atoms with van der Waals surface area (Å²) in [6, 6.07) is 0. The molecule has 0 aromatic heterocycles. The van der Waals surface area contributed by atoms with Gasteiger partial charge in [0, 0.05) is 22.5 Å². The highest BCUT2D eigenvalue weighted by Gasteiger charge is 2.76. The number of carbonyl (C=O) groups is 2. The van der Waals surface area contributed by atoms with Crippen molar-refractivity contribution in [2.45, 2.75) is 64.8 Å². The van der Waals surface area contributed by atoms with Gasteiger partial charge in [0.25, 0.3) is 0 Å². The summed E-state index contributed by atoms with van der Waals surface area (Å²) in [7, 11) is 0. The van der Waals surface area contributed by atoms with Gasteiger partial charge in [-0.3, -0.25) is 4.79 Å². The van der Waals surface area contributed by atoms with Crippen molar-refractivity contribution < 1.29 is 19.1 Å². The van der Waals surface area contributed by atoms with E-state index in [0.29, 0.717) is 5.92 Å². The Morgan fingerprint density at radius 3 is 2.67 bits per heavy atom. The number of ketones is 1. The van der Waals surface area contributed by atoms with E-state index >= 15 is 0 Å². The Morgan fingerprint density at radius 1 is 1.17 bits per heavy atom. The van der Waals surface area contributed by atoms with E-state index < -0.39 is 5.41 Å². The Labute approximate surface area is 142 Å². The molecule has 4 nitrogen and oxygen atoms in total. The van der Waals surface area contributed by atoms with E-state index in [1.54, 1.807) is 6.08 Å². The summed E-state index contributed by atoms with van der Waals surface area (Å²) in [5.41, 5.74) is 1.11. The van der Waals surface area contributed by atoms with Crippen molar-refractivity contribution in [2.24, 2.45) is 22.7 Å². The predicted molar refractivity (Wildman–Crippen MR) is 87.1 cm³/mol. The SMILES string of the molecule is CC1=C2[C@H]3O[C@]34CC[C@@H]3C(C)(C)C=CC(=O)[C@@]3(C)[C@@H]4C[C@H]2OC1=O. The number of hydrogen-bond acceptors (Lipinski definition) is 4. The zero-order chi connectivity index (χ0) is 17.1. The van der Waals surface area contributed by atoms with Gasteiger partial charge < -0.3 is 9.47 Å². The van der Waals surface area contributed by atoms with Crippen LogP contribution >= 0.6 is 0 Å². The number of esters is 1. The summed E-state index contributed by atoms with van der Waals surface area (Å²) in [6.07, 6.45) is 6.34. The van der Waals surface area contributed by atoms with Gasteiger partial charge in [-0.15, -0.1) is 0 Å². The van der Waals surface area contributed by atoms with Crippen molar-refractivity contribution in [3.8, 4) is 0 Å². The molecular weight excluding hydrogens is 304 g/mol. The summed E-state index contributed by atoms with van der Waals surface area (Å²) in [5.74, 6) is 0.444. The number of allylic oxidation sites excluding steroid dienone is 2. The van der Waals surface area contributed by atoms with Gasteiger partial charge in [-0.25, -0.2) is 4.79 Å². The number of rotatable bonds is 0. The molecule has 2 aliphatic heterocycles. The maximum atomic E-state index is 13.0. The van der Waals surface area contributed by atoms with Crippen molar-refractivity contribution in [1.82, 2.24) is 0 Å². The fraction of sp³-hybridized carbons (Fsp3) is 0.700. The van der Waals surface area contributed by atoms with E-state index in [4.69, 9.17) is 9.47 Å². The Kier molecular flexibility index (Phi) is 2.50. The molecule has 2 heterocycles. The maximum Gasteiger partial charge on any atom is 0.334 e. The van der Waals surface area contributed by atoms with Gasteiger partial charge in [0.1, 0.15) is 17.8 Å². The van der Waals surface area contributed by atoms with E-state index in [9.17, 15) is 9.59 Å². The summed E-state index contributed by atoms with van der Waals surface area (Å²) in [6.45, 7) is 8.44. The quantitative estimate of drug-likeness (QED) is 0.507. The first-order valence-corrected chi connectivity index (χ1v) is 9.05. The smallest absolute Gasteiger partial charge is 0.334 e. The zero-order valence-corrected chi connectivity index (χ0v) is 14.7. The molecular formula is C20H24O4. The average molecular weight is 328 g/mol. The Hall–Kier alpha value is -1.42. The Morgan fingerprint density at radius 2 is 1.92 bits per heavy atom. The van der Waals surface area contributed by atoms with E-state index in [0.717, 1.165) is 30.4 Å². The zero-order valence-electron chi connectivity index (χ0n) is 14.7. The minimum Gasteiger partial charge on any atom is -0.454 e. The first kappa shape index (κ1) is 14.9. The molecule has 1 saturated heterocycles. The van der Waals surface area contributed by atoms with Gasteiger partial charge in [-0.2, -0.15) is 0 Å². The lowest BCUT2D eigenvalue weighted by Gasteiger charge is -2.57. The Bertz CT molecular complexity index is 745. The molecule has 1 spiro atoms. The lowest BCUT2D eigenvalue weighted by molar-refractivity contribution is -0.150. The average Bonchev–Trinajstić information content (AvgIpc) is 3.16. The van der Waals surface area contributed by atoms with Crippen LogP contribution in [0.3, 0.4) is 0 Å². The fourth-order valence-electron chi connectivity index (χ4n) is 6.48. The minimum absolute atomic E-state index is 0.00699. The molecule has 0 amide bonds. The normalized spacial score (nSPS) is 50.7. The van der Waals surface area contributed by atoms with E-state index in [1.807, 2.05) is 6.92 Å². The number of ether oxygens (including phenoxy) is 2. The fourth-order valence-corrected chi connectivity index (χ4v) is 6.48. The molecule has 5 rings (SSSR count). The van der Waals surface area contributed by atoms with Crippen LogP contribution in [-0.4, -0.2) is 29.6 Å². The molecule has 3 aliphatic carbocycles. The first-order valence-electron chi connectivity index (χ1n) is 9.05. The maximum absolute atomic E-state index is 13.0. The standard InChI is InChI=1S/C20H24O4/c1-10-15-11(23-17(10)22)9-13-19(4)12(5-8-20(13)16(15)24-20)18(2,3)7-6-14(19)21/h6-7,11-13,16H,5,8-9H2,1-4H3/t11-,12-,13+,16-,19-,20+/m1/s1. The lowest BCUT2D eigenvalue weighted by atomic mass is 9.45. The van der Waals surface area contributed by atoms with Crippen LogP contribution in [0.4, 0.5) is 0 Å². The third kappa shape index (κ3) is 1.46. The van der Waals surface area contributed by atoms with Crippen molar-refractivity contribution in [1.29, 1.82) is 0 Å². The number of carbonyl (C=O) groups excluding carboxylic acids is 2. The van der Waals surface area contributed by atoms with Gasteiger partial charge in [0.2, 0.25) is 0 Å². The summed E-state index contributed by atoms with van der Waals surface area (Å²) >= 11 is 0. The molecule has 3 fully saturated rings. The highest BCUT2D eigenvalue weighted by molar-refractivity contribution is 5.97. The summed E-state index contributed by atoms with van der Waals surface area (Å²) in [5, 5.41) is 0. The number of fused-ring (bicyclic) bond motifs is 4. The van der Waals surface area contributed by atoms with Crippen LogP contribution in [0.15, 0.2) is 23.3 Å². The molecule has 24 heavy (non-hydrogen) atoms. The summed E-state index contributed by atoms with van der Waals surface area (Å²) in [4.78, 5) is 25.0. The van der Waals surface area contributed by atoms with Crippen LogP contribution in [0.25, 0.3) is 0 Å². The molecule has 0 bridgehead atoms. The van der Waals surface area contributed by atoms with E-state index in [2.05, 4.69) is 26.8 Å². The van der Waals surface area contributed by atoms with Crippen molar-refractivity contribution in [2.75, 3.05) is 0 Å². The van der Waals surface area contributed by atoms with Crippen molar-refractivity contribution in [3.63, 3.8) is 0 Å². The largest absolute Gasteiger partial charge is 0.454 e. The molecule has 0 unspecified atom stereocenters. The topological polar surface area (TPSA) is 55.9 Å². The van der Waals surface area contributed by atoms with Crippen LogP contribution < -0.4 is 0 Å². The van der Waals surface area contributed by atoms with Crippen molar-refractivity contribution in [3.05, 3.63) is 23.3 Å². The molecule has 2 saturated carbocycles. The predicted octanol–water partition coefficient (Wildman–Crippen LogP) is 2.97. The Balaban J connectivity index is 1.62. The van der Waals surface area contributed by atoms with Crippen molar-refractivity contribution >= 4 is 11.8 Å². The summed E-state index contributed by atoms with van der Waals surface area (Å²) < 4.78 is 11.9. The molecule has 0 radical (unpaired) electrons. The van der Waals surface area contributed by atoms with Crippen LogP contribution in [0, 0.1) is 22.7 Å². The highest BCUT2D eigenvalue weighted by Crippen LogP contribution is 2.70. The van der Waals surface area contributed by atoms with Gasteiger partial charge in [0.15, 0.2) is 5.78 Å². The van der Waals surface area contributed by atoms with Gasteiger partial charge in [0.05, 0.1) is 0 Å². The number of epoxide rings is 1. The molecule has 0 N–H and O–H groups in total. The molecule has 4 heteroatoms. The third-order valence-electron chi connectivity index (χ3n) is 7.75. The molecule has 5 aliphatic rings. The monoisotopic (exact) mass is 328 g/mol. The molecule has 6 atom stereocenters. The van der Waals surface area contributed by atoms with Crippen LogP contribution in [0.2, 0.25) is 0 Å². The second-order valence-electron chi connectivity index (χ2n) is 9.11. The second kappa shape index (κ2) is 4.04. The van der Waals surface area contributed by atoms with Crippen LogP contribution in [0.5, 0.6) is 0 Å².